The third-order valence-corrected chi connectivity index (χ3v) is 7.65. The van der Waals surface area contributed by atoms with Gasteiger partial charge in [-0.2, -0.15) is 4.68 Å². The average Bonchev–Trinajstić information content (AvgIpc) is 3.76. The van der Waals surface area contributed by atoms with Gasteiger partial charge in [-0.3, -0.25) is 10.1 Å². The molecule has 2 aromatic heterocycles. The van der Waals surface area contributed by atoms with Crippen molar-refractivity contribution < 1.29 is 14.3 Å². The van der Waals surface area contributed by atoms with Crippen molar-refractivity contribution in [2.75, 3.05) is 12.4 Å². The average molecular weight is 624 g/mol. The molecule has 4 bridgehead atoms. The number of tetrazole rings is 1. The molecule has 5 aromatic rings. The number of amides is 2. The molecule has 0 aliphatic carbocycles. The van der Waals surface area contributed by atoms with Crippen molar-refractivity contribution in [2.24, 2.45) is 0 Å². The number of anilines is 1. The van der Waals surface area contributed by atoms with Crippen LogP contribution in [0.15, 0.2) is 79.3 Å². The number of hydrogen-bond donors (Lipinski definition) is 4. The fourth-order valence-corrected chi connectivity index (χ4v) is 5.42. The van der Waals surface area contributed by atoms with Gasteiger partial charge < -0.3 is 20.4 Å². The molecule has 6 rings (SSSR count). The van der Waals surface area contributed by atoms with Crippen molar-refractivity contribution in [1.82, 2.24) is 40.8 Å². The Morgan fingerprint density at radius 3 is 2.82 bits per heavy atom. The minimum Gasteiger partial charge on any atom is -0.453 e. The van der Waals surface area contributed by atoms with Gasteiger partial charge in [0.25, 0.3) is 0 Å². The molecule has 2 amide bonds. The van der Waals surface area contributed by atoms with Crippen LogP contribution >= 0.6 is 11.6 Å². The lowest BCUT2D eigenvalue weighted by Gasteiger charge is -2.17. The second kappa shape index (κ2) is 13.5. The number of methoxy groups -OCH3 is 1. The maximum atomic E-state index is 13.3. The van der Waals surface area contributed by atoms with Crippen LogP contribution in [-0.4, -0.2) is 49.3 Å². The summed E-state index contributed by atoms with van der Waals surface area (Å²) in [5, 5.41) is 21.2. The number of carbonyl (C=O) groups is 2. The number of hydrogen-bond acceptors (Lipinski definition) is 8. The number of H-pyrrole nitrogens is 1. The first kappa shape index (κ1) is 29.7. The summed E-state index contributed by atoms with van der Waals surface area (Å²) in [6.07, 6.45) is 7.26. The maximum absolute atomic E-state index is 13.3. The molecule has 0 saturated carbocycles. The van der Waals surface area contributed by atoms with E-state index in [2.05, 4.69) is 54.7 Å². The van der Waals surface area contributed by atoms with Gasteiger partial charge in [-0.25, -0.2) is 9.78 Å². The number of aryl methyl sites for hydroxylation is 1. The van der Waals surface area contributed by atoms with Crippen molar-refractivity contribution >= 4 is 35.4 Å². The Labute approximate surface area is 263 Å². The largest absolute Gasteiger partial charge is 0.453 e. The van der Waals surface area contributed by atoms with Crippen LogP contribution in [0.5, 0.6) is 0 Å². The van der Waals surface area contributed by atoms with Gasteiger partial charge in [-0.1, -0.05) is 41.9 Å². The van der Waals surface area contributed by atoms with E-state index in [0.717, 1.165) is 34.4 Å². The number of imidazole rings is 1. The number of halogens is 1. The highest BCUT2D eigenvalue weighted by atomic mass is 35.5. The molecule has 1 aliphatic rings. The summed E-state index contributed by atoms with van der Waals surface area (Å²) >= 11 is 6.25. The van der Waals surface area contributed by atoms with E-state index in [-0.39, 0.29) is 5.91 Å². The minimum absolute atomic E-state index is 0.293. The van der Waals surface area contributed by atoms with Crippen LogP contribution in [-0.2, 0) is 29.0 Å². The van der Waals surface area contributed by atoms with Gasteiger partial charge in [0.2, 0.25) is 5.91 Å². The summed E-state index contributed by atoms with van der Waals surface area (Å²) in [5.74, 6) is 0.339. The summed E-state index contributed by atoms with van der Waals surface area (Å²) in [6.45, 7) is 1.20. The first-order chi connectivity index (χ1) is 21.9. The Morgan fingerprint density at radius 2 is 1.98 bits per heavy atom. The lowest BCUT2D eigenvalue weighted by molar-refractivity contribution is -0.117. The van der Waals surface area contributed by atoms with E-state index in [1.807, 2.05) is 24.4 Å². The molecule has 1 aliphatic heterocycles. The molecule has 0 unspecified atom stereocenters. The van der Waals surface area contributed by atoms with E-state index >= 15 is 0 Å². The van der Waals surface area contributed by atoms with E-state index in [9.17, 15) is 9.59 Å². The number of aromatic amines is 1. The number of aromatic nitrogens is 6. The molecule has 0 radical (unpaired) electrons. The maximum Gasteiger partial charge on any atom is 0.411 e. The number of benzene rings is 3. The lowest BCUT2D eigenvalue weighted by Crippen LogP contribution is -2.28. The number of rotatable bonds is 5. The normalized spacial score (nSPS) is 14.8. The first-order valence-corrected chi connectivity index (χ1v) is 14.7. The summed E-state index contributed by atoms with van der Waals surface area (Å²) < 4.78 is 6.27. The fourth-order valence-electron chi connectivity index (χ4n) is 5.24. The van der Waals surface area contributed by atoms with Crippen LogP contribution in [0.2, 0.25) is 5.02 Å². The van der Waals surface area contributed by atoms with Crippen LogP contribution < -0.4 is 16.0 Å². The van der Waals surface area contributed by atoms with Gasteiger partial charge in [0, 0.05) is 47.2 Å². The third kappa shape index (κ3) is 7.25. The quantitative estimate of drug-likeness (QED) is 0.200. The molecular formula is C32H30ClN9O3. The smallest absolute Gasteiger partial charge is 0.411 e. The Bertz CT molecular complexity index is 1850. The third-order valence-electron chi connectivity index (χ3n) is 7.41. The van der Waals surface area contributed by atoms with E-state index < -0.39 is 12.1 Å². The minimum atomic E-state index is -0.544. The Morgan fingerprint density at radius 1 is 1.09 bits per heavy atom. The standard InChI is InChI=1S/C32H30ClN9O3/c1-45-32(44)37-25-8-9-26-23(15-25)17-34-16-21-4-2-3-20(13-21)5-10-27(31-35-18-28(26)39-31)38-30(43)12-6-22-14-24(33)7-11-29(22)42-19-36-40-41-42/h2-4,6-9,11-15,18-19,27,34H,5,10,16-17H2,1H3,(H,35,39)(H,37,44)(H,38,43)/b12-6+/t27-/m0/s1. The molecule has 3 heterocycles. The van der Waals surface area contributed by atoms with Crippen molar-refractivity contribution in [3.8, 4) is 16.9 Å². The summed E-state index contributed by atoms with van der Waals surface area (Å²) in [7, 11) is 1.33. The zero-order valence-electron chi connectivity index (χ0n) is 24.3. The molecule has 3 aromatic carbocycles. The van der Waals surface area contributed by atoms with Crippen molar-refractivity contribution in [3.05, 3.63) is 112 Å². The molecule has 0 fully saturated rings. The Kier molecular flexibility index (Phi) is 8.94. The van der Waals surface area contributed by atoms with Crippen molar-refractivity contribution in [1.29, 1.82) is 0 Å². The molecular weight excluding hydrogens is 594 g/mol. The number of ether oxygens (including phenoxy) is 1. The van der Waals surface area contributed by atoms with Crippen molar-refractivity contribution in [3.63, 3.8) is 0 Å². The second-order valence-electron chi connectivity index (χ2n) is 10.5. The summed E-state index contributed by atoms with van der Waals surface area (Å²) in [4.78, 5) is 33.4. The predicted octanol–water partition coefficient (Wildman–Crippen LogP) is 4.99. The van der Waals surface area contributed by atoms with Crippen LogP contribution in [0.3, 0.4) is 0 Å². The van der Waals surface area contributed by atoms with E-state index in [1.165, 1.54) is 24.2 Å². The highest BCUT2D eigenvalue weighted by molar-refractivity contribution is 6.30. The molecule has 45 heavy (non-hydrogen) atoms. The number of carbonyl (C=O) groups excluding carboxylic acids is 2. The predicted molar refractivity (Wildman–Crippen MR) is 169 cm³/mol. The monoisotopic (exact) mass is 623 g/mol. The first-order valence-electron chi connectivity index (χ1n) is 14.3. The van der Waals surface area contributed by atoms with E-state index in [0.29, 0.717) is 47.3 Å². The van der Waals surface area contributed by atoms with Crippen LogP contribution in [0.4, 0.5) is 10.5 Å². The molecule has 0 spiro atoms. The highest BCUT2D eigenvalue weighted by Gasteiger charge is 2.20. The molecule has 13 heteroatoms. The highest BCUT2D eigenvalue weighted by Crippen LogP contribution is 2.28. The molecule has 228 valence electrons. The van der Waals surface area contributed by atoms with Gasteiger partial charge in [-0.05, 0) is 76.4 Å². The fraction of sp³-hybridized carbons (Fsp3) is 0.188. The molecule has 12 nitrogen and oxygen atoms in total. The van der Waals surface area contributed by atoms with Crippen molar-refractivity contribution in [2.45, 2.75) is 32.0 Å². The van der Waals surface area contributed by atoms with Crippen LogP contribution in [0, 0.1) is 0 Å². The number of nitrogens with one attached hydrogen (secondary N) is 4. The number of fused-ring (bicyclic) bond motifs is 6. The topological polar surface area (TPSA) is 152 Å². The van der Waals surface area contributed by atoms with Crippen LogP contribution in [0.1, 0.15) is 40.5 Å². The SMILES string of the molecule is COC(=O)Nc1ccc2c(c1)CNCc1cccc(c1)CC[C@H](NC(=O)/C=C/c1cc(Cl)ccc1-n1cnnn1)c1nc-2c[nH]1. The lowest BCUT2D eigenvalue weighted by atomic mass is 10.0. The molecule has 4 N–H and O–H groups in total. The molecule has 1 atom stereocenters. The van der Waals surface area contributed by atoms with Gasteiger partial charge >= 0.3 is 6.09 Å². The second-order valence-corrected chi connectivity index (χ2v) is 10.9. The molecule has 0 saturated heterocycles. The number of nitrogens with zero attached hydrogens (tertiary/aromatic N) is 5. The summed E-state index contributed by atoms with van der Waals surface area (Å²) in [6, 6.07) is 18.9. The van der Waals surface area contributed by atoms with Gasteiger partial charge in [-0.15, -0.1) is 5.10 Å². The van der Waals surface area contributed by atoms with Gasteiger partial charge in [0.15, 0.2) is 0 Å². The van der Waals surface area contributed by atoms with Gasteiger partial charge in [0.05, 0.1) is 24.5 Å². The van der Waals surface area contributed by atoms with Crippen LogP contribution in [0.25, 0.3) is 23.0 Å². The van der Waals surface area contributed by atoms with Gasteiger partial charge in [0.1, 0.15) is 12.2 Å². The zero-order valence-corrected chi connectivity index (χ0v) is 25.1. The van der Waals surface area contributed by atoms with E-state index in [4.69, 9.17) is 21.3 Å². The summed E-state index contributed by atoms with van der Waals surface area (Å²) in [5.41, 5.74) is 6.84. The zero-order chi connectivity index (χ0) is 31.2. The Balaban J connectivity index is 1.30. The van der Waals surface area contributed by atoms with E-state index in [1.54, 1.807) is 30.3 Å². The Hall–Kier alpha value is -5.33.